The zero-order chi connectivity index (χ0) is 14.6. The van der Waals surface area contributed by atoms with Crippen molar-refractivity contribution in [3.05, 3.63) is 41.4 Å². The van der Waals surface area contributed by atoms with Gasteiger partial charge in [-0.2, -0.15) is 4.31 Å². The number of rotatable bonds is 6. The van der Waals surface area contributed by atoms with Crippen LogP contribution >= 0.6 is 11.6 Å². The summed E-state index contributed by atoms with van der Waals surface area (Å²) in [4.78, 5) is 11.0. The van der Waals surface area contributed by atoms with Crippen molar-refractivity contribution < 1.29 is 13.2 Å². The molecule has 0 spiro atoms. The van der Waals surface area contributed by atoms with Crippen LogP contribution in [0.1, 0.15) is 6.92 Å². The van der Waals surface area contributed by atoms with Crippen molar-refractivity contribution in [1.29, 1.82) is 0 Å². The largest absolute Gasteiger partial charge is 0.369 e. The number of primary amides is 1. The first-order valence-corrected chi connectivity index (χ1v) is 7.23. The molecule has 0 atom stereocenters. The van der Waals surface area contributed by atoms with Crippen LogP contribution in [0.25, 0.3) is 0 Å². The lowest BCUT2D eigenvalue weighted by Crippen LogP contribution is -2.39. The maximum absolute atomic E-state index is 12.3. The Morgan fingerprint density at radius 3 is 2.26 bits per heavy atom. The van der Waals surface area contributed by atoms with Crippen LogP contribution in [-0.2, 0) is 14.8 Å². The highest BCUT2D eigenvalue weighted by molar-refractivity contribution is 7.89. The van der Waals surface area contributed by atoms with Crippen molar-refractivity contribution in [3.63, 3.8) is 0 Å². The summed E-state index contributed by atoms with van der Waals surface area (Å²) < 4.78 is 25.7. The number of benzene rings is 1. The number of amides is 1. The molecule has 7 heteroatoms. The van der Waals surface area contributed by atoms with Crippen LogP contribution in [0.5, 0.6) is 0 Å². The molecule has 1 aromatic carbocycles. The summed E-state index contributed by atoms with van der Waals surface area (Å²) in [5.41, 5.74) is 5.68. The average Bonchev–Trinajstić information content (AvgIpc) is 2.27. The van der Waals surface area contributed by atoms with E-state index in [1.807, 2.05) is 0 Å². The maximum Gasteiger partial charge on any atom is 0.243 e. The molecule has 0 aromatic heterocycles. The number of hydrogen-bond donors (Lipinski definition) is 1. The molecule has 0 aliphatic heterocycles. The fourth-order valence-corrected chi connectivity index (χ4v) is 3.05. The van der Waals surface area contributed by atoms with E-state index in [1.54, 1.807) is 6.92 Å². The Bertz CT molecular complexity index is 565. The van der Waals surface area contributed by atoms with E-state index < -0.39 is 22.5 Å². The minimum Gasteiger partial charge on any atom is -0.369 e. The molecule has 0 radical (unpaired) electrons. The molecule has 0 saturated carbocycles. The second-order valence-corrected chi connectivity index (χ2v) is 6.52. The van der Waals surface area contributed by atoms with Gasteiger partial charge in [-0.1, -0.05) is 23.8 Å². The summed E-state index contributed by atoms with van der Waals surface area (Å²) in [5, 5.41) is 0.431. The monoisotopic (exact) mass is 302 g/mol. The highest BCUT2D eigenvalue weighted by atomic mass is 35.5. The summed E-state index contributed by atoms with van der Waals surface area (Å²) in [6, 6.07) is 5.70. The molecular weight excluding hydrogens is 288 g/mol. The Hall–Kier alpha value is -1.37. The number of halogens is 1. The van der Waals surface area contributed by atoms with E-state index in [2.05, 4.69) is 6.58 Å². The summed E-state index contributed by atoms with van der Waals surface area (Å²) >= 11 is 5.71. The number of nitrogens with two attached hydrogens (primary N) is 1. The van der Waals surface area contributed by atoms with Gasteiger partial charge in [0.05, 0.1) is 11.4 Å². The summed E-state index contributed by atoms with van der Waals surface area (Å²) in [6.07, 6.45) is 0. The van der Waals surface area contributed by atoms with Gasteiger partial charge in [-0.05, 0) is 31.2 Å². The van der Waals surface area contributed by atoms with E-state index in [0.29, 0.717) is 10.6 Å². The van der Waals surface area contributed by atoms with Crippen molar-refractivity contribution >= 4 is 27.5 Å². The predicted octanol–water partition coefficient (Wildman–Crippen LogP) is 1.39. The molecule has 0 aliphatic carbocycles. The molecule has 1 amide bonds. The van der Waals surface area contributed by atoms with Gasteiger partial charge in [0.1, 0.15) is 0 Å². The lowest BCUT2D eigenvalue weighted by molar-refractivity contribution is -0.118. The van der Waals surface area contributed by atoms with Crippen LogP contribution in [-0.4, -0.2) is 31.7 Å². The fraction of sp³-hybridized carbons (Fsp3) is 0.250. The summed E-state index contributed by atoms with van der Waals surface area (Å²) in [5.74, 6) is -0.723. The molecule has 0 fully saturated rings. The van der Waals surface area contributed by atoms with Crippen molar-refractivity contribution in [3.8, 4) is 0 Å². The van der Waals surface area contributed by atoms with E-state index in [9.17, 15) is 13.2 Å². The minimum absolute atomic E-state index is 0.0356. The van der Waals surface area contributed by atoms with Crippen LogP contribution in [0.3, 0.4) is 0 Å². The third-order valence-electron chi connectivity index (χ3n) is 2.23. The normalized spacial score (nSPS) is 11.5. The highest BCUT2D eigenvalue weighted by Crippen LogP contribution is 2.19. The van der Waals surface area contributed by atoms with Crippen LogP contribution in [0.2, 0.25) is 5.02 Å². The predicted molar refractivity (Wildman–Crippen MR) is 74.2 cm³/mol. The van der Waals surface area contributed by atoms with E-state index in [1.165, 1.54) is 24.3 Å². The van der Waals surface area contributed by atoms with Gasteiger partial charge in [0.15, 0.2) is 0 Å². The second-order valence-electron chi connectivity index (χ2n) is 4.15. The molecule has 0 bridgehead atoms. The van der Waals surface area contributed by atoms with Crippen molar-refractivity contribution in [2.75, 3.05) is 13.1 Å². The van der Waals surface area contributed by atoms with Gasteiger partial charge in [0.25, 0.3) is 0 Å². The van der Waals surface area contributed by atoms with Crippen molar-refractivity contribution in [2.24, 2.45) is 5.73 Å². The molecule has 19 heavy (non-hydrogen) atoms. The van der Waals surface area contributed by atoms with E-state index in [0.717, 1.165) is 4.31 Å². The topological polar surface area (TPSA) is 80.5 Å². The Morgan fingerprint density at radius 2 is 1.84 bits per heavy atom. The first-order chi connectivity index (χ1) is 8.73. The Labute approximate surface area is 117 Å². The molecule has 0 saturated heterocycles. The third kappa shape index (κ3) is 4.34. The van der Waals surface area contributed by atoms with Gasteiger partial charge in [-0.15, -0.1) is 0 Å². The summed E-state index contributed by atoms with van der Waals surface area (Å²) in [6.45, 7) is 4.96. The SMILES string of the molecule is C=C(C)CN(CC(N)=O)S(=O)(=O)c1ccc(Cl)cc1. The van der Waals surface area contributed by atoms with Gasteiger partial charge in [-0.25, -0.2) is 8.42 Å². The molecule has 2 N–H and O–H groups in total. The summed E-state index contributed by atoms with van der Waals surface area (Å²) in [7, 11) is -3.79. The number of carbonyl (C=O) groups is 1. The molecule has 5 nitrogen and oxygen atoms in total. The van der Waals surface area contributed by atoms with Gasteiger partial charge in [0, 0.05) is 11.6 Å². The molecule has 0 aliphatic rings. The fourth-order valence-electron chi connectivity index (χ4n) is 1.46. The molecule has 1 aromatic rings. The molecule has 104 valence electrons. The first kappa shape index (κ1) is 15.7. The Morgan fingerprint density at radius 1 is 1.32 bits per heavy atom. The van der Waals surface area contributed by atoms with Crippen LogP contribution in [0.4, 0.5) is 0 Å². The minimum atomic E-state index is -3.79. The smallest absolute Gasteiger partial charge is 0.243 e. The standard InChI is InChI=1S/C12H15ClN2O3S/c1-9(2)7-15(8-12(14)16)19(17,18)11-5-3-10(13)4-6-11/h3-6H,1,7-8H2,2H3,(H2,14,16). The second kappa shape index (κ2) is 6.18. The molecule has 1 rings (SSSR count). The molecule has 0 heterocycles. The van der Waals surface area contributed by atoms with Gasteiger partial charge >= 0.3 is 0 Å². The van der Waals surface area contributed by atoms with Gasteiger partial charge in [-0.3, -0.25) is 4.79 Å². The zero-order valence-corrected chi connectivity index (χ0v) is 12.0. The van der Waals surface area contributed by atoms with Crippen LogP contribution < -0.4 is 5.73 Å². The number of hydrogen-bond acceptors (Lipinski definition) is 3. The Kier molecular flexibility index (Phi) is 5.11. The van der Waals surface area contributed by atoms with E-state index >= 15 is 0 Å². The van der Waals surface area contributed by atoms with Crippen molar-refractivity contribution in [2.45, 2.75) is 11.8 Å². The van der Waals surface area contributed by atoms with Gasteiger partial charge in [0.2, 0.25) is 15.9 Å². The zero-order valence-electron chi connectivity index (χ0n) is 10.5. The third-order valence-corrected chi connectivity index (χ3v) is 4.29. The quantitative estimate of drug-likeness (QED) is 0.806. The average molecular weight is 303 g/mol. The van der Waals surface area contributed by atoms with Crippen LogP contribution in [0.15, 0.2) is 41.3 Å². The number of sulfonamides is 1. The lowest BCUT2D eigenvalue weighted by atomic mass is 10.3. The van der Waals surface area contributed by atoms with Crippen LogP contribution in [0, 0.1) is 0 Å². The van der Waals surface area contributed by atoms with E-state index in [-0.39, 0.29) is 11.4 Å². The molecule has 0 unspecified atom stereocenters. The lowest BCUT2D eigenvalue weighted by Gasteiger charge is -2.20. The number of nitrogens with zero attached hydrogens (tertiary/aromatic N) is 1. The molecular formula is C12H15ClN2O3S. The highest BCUT2D eigenvalue weighted by Gasteiger charge is 2.25. The maximum atomic E-state index is 12.3. The first-order valence-electron chi connectivity index (χ1n) is 5.42. The Balaban J connectivity index is 3.14. The van der Waals surface area contributed by atoms with Gasteiger partial charge < -0.3 is 5.73 Å². The van der Waals surface area contributed by atoms with Crippen molar-refractivity contribution in [1.82, 2.24) is 4.31 Å². The number of carbonyl (C=O) groups excluding carboxylic acids is 1. The van der Waals surface area contributed by atoms with E-state index in [4.69, 9.17) is 17.3 Å².